The molecular weight excluding hydrogens is 214 g/mol. The number of amides is 1. The molecule has 0 aliphatic heterocycles. The first-order valence-corrected chi connectivity index (χ1v) is 5.81. The van der Waals surface area contributed by atoms with Gasteiger partial charge in [-0.05, 0) is 45.1 Å². The molecule has 0 bridgehead atoms. The molecule has 94 valence electrons. The van der Waals surface area contributed by atoms with Crippen molar-refractivity contribution in [2.24, 2.45) is 0 Å². The van der Waals surface area contributed by atoms with Crippen LogP contribution in [0, 0.1) is 0 Å². The average Bonchev–Trinajstić information content (AvgIpc) is 2.28. The number of carbonyl (C=O) groups is 1. The van der Waals surface area contributed by atoms with E-state index in [9.17, 15) is 4.79 Å². The zero-order chi connectivity index (χ0) is 13.0. The summed E-state index contributed by atoms with van der Waals surface area (Å²) in [6.07, 6.45) is 0.897. The Kier molecular flexibility index (Phi) is 4.52. The molecule has 1 atom stereocenters. The summed E-state index contributed by atoms with van der Waals surface area (Å²) in [6.45, 7) is 3.91. The number of hydrogen-bond donors (Lipinski definition) is 2. The number of likely N-dealkylation sites (N-methyl/N-ethyl adjacent to an activating group) is 1. The van der Waals surface area contributed by atoms with E-state index in [1.54, 1.807) is 6.07 Å². The molecule has 17 heavy (non-hydrogen) atoms. The van der Waals surface area contributed by atoms with Crippen molar-refractivity contribution >= 4 is 17.3 Å². The van der Waals surface area contributed by atoms with Crippen molar-refractivity contribution in [3.63, 3.8) is 0 Å². The van der Waals surface area contributed by atoms with E-state index >= 15 is 0 Å². The monoisotopic (exact) mass is 235 g/mol. The lowest BCUT2D eigenvalue weighted by molar-refractivity contribution is -0.119. The van der Waals surface area contributed by atoms with Crippen LogP contribution in [0.5, 0.6) is 0 Å². The second-order valence-corrected chi connectivity index (χ2v) is 4.40. The van der Waals surface area contributed by atoms with E-state index in [1.807, 2.05) is 38.1 Å². The molecule has 0 aliphatic carbocycles. The van der Waals surface area contributed by atoms with Crippen molar-refractivity contribution in [2.45, 2.75) is 26.3 Å². The van der Waals surface area contributed by atoms with Gasteiger partial charge in [-0.25, -0.2) is 0 Å². The van der Waals surface area contributed by atoms with Crippen molar-refractivity contribution in [1.29, 1.82) is 0 Å². The van der Waals surface area contributed by atoms with Crippen LogP contribution >= 0.6 is 0 Å². The fraction of sp³-hybridized carbons (Fsp3) is 0.462. The number of aryl methyl sites for hydroxylation is 1. The smallest absolute Gasteiger partial charge is 0.241 e. The quantitative estimate of drug-likeness (QED) is 0.781. The van der Waals surface area contributed by atoms with E-state index in [2.05, 4.69) is 12.2 Å². The number of hydrogen-bond acceptors (Lipinski definition) is 3. The second-order valence-electron chi connectivity index (χ2n) is 4.40. The van der Waals surface area contributed by atoms with Crippen LogP contribution in [-0.4, -0.2) is 30.9 Å². The molecule has 1 rings (SSSR count). The van der Waals surface area contributed by atoms with Gasteiger partial charge in [-0.1, -0.05) is 13.0 Å². The highest BCUT2D eigenvalue weighted by Crippen LogP contribution is 2.18. The molecule has 0 heterocycles. The van der Waals surface area contributed by atoms with Crippen LogP contribution in [0.3, 0.4) is 0 Å². The average molecular weight is 235 g/mol. The van der Waals surface area contributed by atoms with Crippen LogP contribution in [0.4, 0.5) is 11.4 Å². The van der Waals surface area contributed by atoms with Gasteiger partial charge in [-0.3, -0.25) is 9.69 Å². The van der Waals surface area contributed by atoms with Gasteiger partial charge in [0.2, 0.25) is 5.91 Å². The SMILES string of the molecule is CCc1ccc(NC(=O)C(C)N(C)C)cc1N. The Morgan fingerprint density at radius 3 is 2.59 bits per heavy atom. The fourth-order valence-corrected chi connectivity index (χ4v) is 1.48. The van der Waals surface area contributed by atoms with Gasteiger partial charge in [0.15, 0.2) is 0 Å². The predicted octanol–water partition coefficient (Wildman–Crippen LogP) is 1.72. The summed E-state index contributed by atoms with van der Waals surface area (Å²) in [5.74, 6) is -0.0290. The molecule has 0 aromatic heterocycles. The summed E-state index contributed by atoms with van der Waals surface area (Å²) >= 11 is 0. The van der Waals surface area contributed by atoms with Gasteiger partial charge < -0.3 is 11.1 Å². The number of anilines is 2. The largest absolute Gasteiger partial charge is 0.398 e. The molecule has 0 saturated heterocycles. The Morgan fingerprint density at radius 1 is 1.47 bits per heavy atom. The van der Waals surface area contributed by atoms with Crippen molar-refractivity contribution in [3.8, 4) is 0 Å². The summed E-state index contributed by atoms with van der Waals surface area (Å²) in [7, 11) is 3.75. The molecule has 0 aliphatic rings. The first-order valence-electron chi connectivity index (χ1n) is 5.81. The Morgan fingerprint density at radius 2 is 2.12 bits per heavy atom. The van der Waals surface area contributed by atoms with Crippen LogP contribution in [0.15, 0.2) is 18.2 Å². The summed E-state index contributed by atoms with van der Waals surface area (Å²) in [5.41, 5.74) is 8.46. The van der Waals surface area contributed by atoms with E-state index in [1.165, 1.54) is 0 Å². The third-order valence-corrected chi connectivity index (χ3v) is 2.95. The Bertz CT molecular complexity index is 402. The summed E-state index contributed by atoms with van der Waals surface area (Å²) in [5, 5.41) is 2.85. The van der Waals surface area contributed by atoms with E-state index in [-0.39, 0.29) is 11.9 Å². The first kappa shape index (κ1) is 13.5. The molecule has 0 radical (unpaired) electrons. The maximum absolute atomic E-state index is 11.8. The van der Waals surface area contributed by atoms with Gasteiger partial charge in [0.05, 0.1) is 6.04 Å². The van der Waals surface area contributed by atoms with E-state index in [0.29, 0.717) is 0 Å². The normalized spacial score (nSPS) is 12.5. The van der Waals surface area contributed by atoms with Gasteiger partial charge in [-0.15, -0.1) is 0 Å². The number of nitrogen functional groups attached to an aromatic ring is 1. The molecule has 0 fully saturated rings. The number of rotatable bonds is 4. The number of benzene rings is 1. The molecule has 1 aromatic rings. The Balaban J connectivity index is 2.76. The molecular formula is C13H21N3O. The topological polar surface area (TPSA) is 58.4 Å². The van der Waals surface area contributed by atoms with Crippen LogP contribution < -0.4 is 11.1 Å². The van der Waals surface area contributed by atoms with Gasteiger partial charge in [0.1, 0.15) is 0 Å². The highest BCUT2D eigenvalue weighted by molar-refractivity contribution is 5.94. The second kappa shape index (κ2) is 5.68. The number of nitrogens with zero attached hydrogens (tertiary/aromatic N) is 1. The third-order valence-electron chi connectivity index (χ3n) is 2.95. The van der Waals surface area contributed by atoms with Crippen molar-refractivity contribution in [3.05, 3.63) is 23.8 Å². The van der Waals surface area contributed by atoms with Gasteiger partial charge in [0.25, 0.3) is 0 Å². The minimum absolute atomic E-state index is 0.0290. The lowest BCUT2D eigenvalue weighted by Crippen LogP contribution is -2.37. The van der Waals surface area contributed by atoms with Crippen LogP contribution in [0.25, 0.3) is 0 Å². The van der Waals surface area contributed by atoms with E-state index in [0.717, 1.165) is 23.4 Å². The Hall–Kier alpha value is -1.55. The molecule has 1 unspecified atom stereocenters. The summed E-state index contributed by atoms with van der Waals surface area (Å²) in [6, 6.07) is 5.47. The summed E-state index contributed by atoms with van der Waals surface area (Å²) < 4.78 is 0. The van der Waals surface area contributed by atoms with Crippen molar-refractivity contribution in [2.75, 3.05) is 25.1 Å². The Labute approximate surface area is 103 Å². The lowest BCUT2D eigenvalue weighted by atomic mass is 10.1. The predicted molar refractivity (Wildman–Crippen MR) is 72.0 cm³/mol. The minimum Gasteiger partial charge on any atom is -0.398 e. The maximum atomic E-state index is 11.8. The maximum Gasteiger partial charge on any atom is 0.241 e. The highest BCUT2D eigenvalue weighted by atomic mass is 16.2. The minimum atomic E-state index is -0.165. The molecule has 1 amide bonds. The lowest BCUT2D eigenvalue weighted by Gasteiger charge is -2.19. The standard InChI is InChI=1S/C13H21N3O/c1-5-10-6-7-11(8-12(10)14)15-13(17)9(2)16(3)4/h6-9H,5,14H2,1-4H3,(H,15,17). The van der Waals surface area contributed by atoms with Crippen LogP contribution in [0.1, 0.15) is 19.4 Å². The summed E-state index contributed by atoms with van der Waals surface area (Å²) in [4.78, 5) is 13.7. The number of nitrogens with one attached hydrogen (secondary N) is 1. The van der Waals surface area contributed by atoms with Crippen LogP contribution in [-0.2, 0) is 11.2 Å². The molecule has 3 N–H and O–H groups in total. The molecule has 4 nitrogen and oxygen atoms in total. The van der Waals surface area contributed by atoms with Gasteiger partial charge >= 0.3 is 0 Å². The van der Waals surface area contributed by atoms with E-state index in [4.69, 9.17) is 5.73 Å². The van der Waals surface area contributed by atoms with Gasteiger partial charge in [-0.2, -0.15) is 0 Å². The zero-order valence-electron chi connectivity index (χ0n) is 10.9. The zero-order valence-corrected chi connectivity index (χ0v) is 10.9. The fourth-order valence-electron chi connectivity index (χ4n) is 1.48. The van der Waals surface area contributed by atoms with Crippen molar-refractivity contribution in [1.82, 2.24) is 4.90 Å². The van der Waals surface area contributed by atoms with E-state index < -0.39 is 0 Å². The third kappa shape index (κ3) is 3.46. The first-order chi connectivity index (χ1) is 7.95. The van der Waals surface area contributed by atoms with Crippen molar-refractivity contribution < 1.29 is 4.79 Å². The molecule has 0 saturated carbocycles. The van der Waals surface area contributed by atoms with Gasteiger partial charge in [0, 0.05) is 11.4 Å². The van der Waals surface area contributed by atoms with Crippen LogP contribution in [0.2, 0.25) is 0 Å². The number of nitrogens with two attached hydrogens (primary N) is 1. The highest BCUT2D eigenvalue weighted by Gasteiger charge is 2.14. The molecule has 0 spiro atoms. The molecule has 4 heteroatoms. The number of carbonyl (C=O) groups excluding carboxylic acids is 1. The molecule has 1 aromatic carbocycles.